The number of carbonyl (C=O) groups excluding carboxylic acids is 1. The lowest BCUT2D eigenvalue weighted by atomic mass is 9.95. The number of methoxy groups -OCH3 is 2. The van der Waals surface area contributed by atoms with E-state index in [-0.39, 0.29) is 11.9 Å². The molecule has 2 unspecified atom stereocenters. The number of nitrogens with zero attached hydrogens (tertiary/aromatic N) is 4. The SMILES string of the molecule is COc1cccc(NC(C(=O)N2CCCCC2c2ccc(C)nc2)c2cnc(OC)cn2)c1. The van der Waals surface area contributed by atoms with Gasteiger partial charge in [0.05, 0.1) is 38.3 Å². The number of piperidine rings is 1. The van der Waals surface area contributed by atoms with Crippen molar-refractivity contribution in [2.24, 2.45) is 0 Å². The Morgan fingerprint density at radius 3 is 2.64 bits per heavy atom. The number of likely N-dealkylation sites (tertiary alicyclic amines) is 1. The summed E-state index contributed by atoms with van der Waals surface area (Å²) in [5, 5.41) is 3.36. The third-order valence-electron chi connectivity index (χ3n) is 5.89. The maximum absolute atomic E-state index is 14.0. The third-order valence-corrected chi connectivity index (χ3v) is 5.89. The molecule has 8 nitrogen and oxygen atoms in total. The van der Waals surface area contributed by atoms with Crippen LogP contribution in [0.5, 0.6) is 11.6 Å². The van der Waals surface area contributed by atoms with Crippen molar-refractivity contribution in [1.29, 1.82) is 0 Å². The van der Waals surface area contributed by atoms with E-state index in [1.54, 1.807) is 13.3 Å². The normalized spacial score (nSPS) is 16.7. The maximum Gasteiger partial charge on any atom is 0.251 e. The van der Waals surface area contributed by atoms with Gasteiger partial charge in [0.25, 0.3) is 5.91 Å². The molecule has 2 atom stereocenters. The Bertz CT molecular complexity index is 1070. The molecular formula is C25H29N5O3. The highest BCUT2D eigenvalue weighted by Crippen LogP contribution is 2.34. The van der Waals surface area contributed by atoms with Gasteiger partial charge in [-0.15, -0.1) is 0 Å². The van der Waals surface area contributed by atoms with Crippen molar-refractivity contribution in [2.45, 2.75) is 38.3 Å². The highest BCUT2D eigenvalue weighted by Gasteiger charge is 2.34. The van der Waals surface area contributed by atoms with E-state index in [0.717, 1.165) is 36.2 Å². The molecule has 3 aromatic rings. The van der Waals surface area contributed by atoms with Crippen LogP contribution >= 0.6 is 0 Å². The number of carbonyl (C=O) groups is 1. The van der Waals surface area contributed by atoms with Crippen molar-refractivity contribution in [3.8, 4) is 11.6 Å². The van der Waals surface area contributed by atoms with Gasteiger partial charge in [-0.05, 0) is 49.9 Å². The molecule has 3 heterocycles. The van der Waals surface area contributed by atoms with Gasteiger partial charge >= 0.3 is 0 Å². The minimum absolute atomic E-state index is 0.0276. The molecule has 33 heavy (non-hydrogen) atoms. The number of benzene rings is 1. The standard InChI is InChI=1S/C25H29N5O3/c1-17-10-11-18(14-26-17)22-9-4-5-12-30(22)25(31)24(21-15-28-23(33-3)16-27-21)29-19-7-6-8-20(13-19)32-2/h6-8,10-11,13-16,22,24,29H,4-5,9,12H2,1-3H3. The predicted octanol–water partition coefficient (Wildman–Crippen LogP) is 4.10. The minimum Gasteiger partial charge on any atom is -0.497 e. The molecule has 8 heteroatoms. The molecule has 0 aliphatic carbocycles. The average molecular weight is 448 g/mol. The second-order valence-electron chi connectivity index (χ2n) is 8.07. The van der Waals surface area contributed by atoms with Crippen LogP contribution in [0.15, 0.2) is 55.0 Å². The molecule has 0 spiro atoms. The number of hydrogen-bond acceptors (Lipinski definition) is 7. The van der Waals surface area contributed by atoms with E-state index in [9.17, 15) is 4.79 Å². The van der Waals surface area contributed by atoms with Crippen LogP contribution in [0.25, 0.3) is 0 Å². The van der Waals surface area contributed by atoms with Gasteiger partial charge in [0.2, 0.25) is 5.88 Å². The lowest BCUT2D eigenvalue weighted by molar-refractivity contribution is -0.136. The zero-order valence-corrected chi connectivity index (χ0v) is 19.2. The monoisotopic (exact) mass is 447 g/mol. The van der Waals surface area contributed by atoms with E-state index < -0.39 is 6.04 Å². The summed E-state index contributed by atoms with van der Waals surface area (Å²) in [4.78, 5) is 29.1. The lowest BCUT2D eigenvalue weighted by Crippen LogP contribution is -2.43. The summed E-state index contributed by atoms with van der Waals surface area (Å²) in [6.07, 6.45) is 7.92. The Balaban J connectivity index is 1.67. The fraction of sp³-hybridized carbons (Fsp3) is 0.360. The molecular weight excluding hydrogens is 418 g/mol. The van der Waals surface area contributed by atoms with Gasteiger partial charge in [0.1, 0.15) is 5.75 Å². The molecule has 4 rings (SSSR count). The van der Waals surface area contributed by atoms with Gasteiger partial charge in [-0.2, -0.15) is 0 Å². The molecule has 1 amide bonds. The van der Waals surface area contributed by atoms with Crippen molar-refractivity contribution in [3.05, 3.63) is 71.9 Å². The van der Waals surface area contributed by atoms with Gasteiger partial charge in [-0.1, -0.05) is 12.1 Å². The van der Waals surface area contributed by atoms with Crippen molar-refractivity contribution < 1.29 is 14.3 Å². The van der Waals surface area contributed by atoms with Crippen molar-refractivity contribution in [1.82, 2.24) is 19.9 Å². The lowest BCUT2D eigenvalue weighted by Gasteiger charge is -2.38. The molecule has 1 aliphatic rings. The van der Waals surface area contributed by atoms with Crippen LogP contribution in [0.1, 0.15) is 48.3 Å². The first-order chi connectivity index (χ1) is 16.1. The molecule has 172 valence electrons. The molecule has 0 saturated carbocycles. The van der Waals surface area contributed by atoms with Gasteiger partial charge in [0.15, 0.2) is 6.04 Å². The number of amides is 1. The summed E-state index contributed by atoms with van der Waals surface area (Å²) >= 11 is 0. The van der Waals surface area contributed by atoms with Gasteiger partial charge in [-0.3, -0.25) is 14.8 Å². The van der Waals surface area contributed by atoms with Crippen LogP contribution in [0.3, 0.4) is 0 Å². The van der Waals surface area contributed by atoms with Gasteiger partial charge in [0, 0.05) is 30.2 Å². The van der Waals surface area contributed by atoms with Crippen LogP contribution in [-0.4, -0.2) is 46.5 Å². The Kier molecular flexibility index (Phi) is 7.02. The van der Waals surface area contributed by atoms with Crippen molar-refractivity contribution in [2.75, 3.05) is 26.1 Å². The van der Waals surface area contributed by atoms with E-state index in [4.69, 9.17) is 9.47 Å². The first kappa shape index (κ1) is 22.5. The summed E-state index contributed by atoms with van der Waals surface area (Å²) in [5.74, 6) is 1.05. The number of hydrogen-bond donors (Lipinski definition) is 1. The highest BCUT2D eigenvalue weighted by molar-refractivity contribution is 5.86. The van der Waals surface area contributed by atoms with Crippen LogP contribution in [0, 0.1) is 6.92 Å². The first-order valence-electron chi connectivity index (χ1n) is 11.1. The van der Waals surface area contributed by atoms with Crippen molar-refractivity contribution >= 4 is 11.6 Å². The number of aromatic nitrogens is 3. The van der Waals surface area contributed by atoms with E-state index in [1.165, 1.54) is 13.3 Å². The Morgan fingerprint density at radius 2 is 1.94 bits per heavy atom. The summed E-state index contributed by atoms with van der Waals surface area (Å²) in [5.41, 5.74) is 3.29. The Morgan fingerprint density at radius 1 is 1.06 bits per heavy atom. The maximum atomic E-state index is 14.0. The second kappa shape index (κ2) is 10.3. The smallest absolute Gasteiger partial charge is 0.251 e. The number of pyridine rings is 1. The number of anilines is 1. The van der Waals surface area contributed by atoms with E-state index in [1.807, 2.05) is 48.4 Å². The first-order valence-corrected chi connectivity index (χ1v) is 11.1. The number of nitrogens with one attached hydrogen (secondary N) is 1. The summed E-state index contributed by atoms with van der Waals surface area (Å²) in [6, 6.07) is 10.8. The molecule has 1 N–H and O–H groups in total. The summed E-state index contributed by atoms with van der Waals surface area (Å²) in [6.45, 7) is 2.64. The van der Waals surface area contributed by atoms with Crippen LogP contribution in [0.2, 0.25) is 0 Å². The Labute approximate surface area is 194 Å². The second-order valence-corrected chi connectivity index (χ2v) is 8.07. The number of rotatable bonds is 7. The number of ether oxygens (including phenoxy) is 2. The van der Waals surface area contributed by atoms with Crippen LogP contribution in [-0.2, 0) is 4.79 Å². The molecule has 1 aliphatic heterocycles. The van der Waals surface area contributed by atoms with Crippen LogP contribution < -0.4 is 14.8 Å². The predicted molar refractivity (Wildman–Crippen MR) is 125 cm³/mol. The zero-order chi connectivity index (χ0) is 23.2. The molecule has 1 aromatic carbocycles. The third kappa shape index (κ3) is 5.22. The highest BCUT2D eigenvalue weighted by atomic mass is 16.5. The average Bonchev–Trinajstić information content (AvgIpc) is 2.87. The zero-order valence-electron chi connectivity index (χ0n) is 19.2. The van der Waals surface area contributed by atoms with E-state index in [0.29, 0.717) is 23.9 Å². The molecule has 0 bridgehead atoms. The van der Waals surface area contributed by atoms with Crippen molar-refractivity contribution in [3.63, 3.8) is 0 Å². The fourth-order valence-electron chi connectivity index (χ4n) is 4.11. The van der Waals surface area contributed by atoms with E-state index in [2.05, 4.69) is 26.3 Å². The number of aryl methyl sites for hydroxylation is 1. The quantitative estimate of drug-likeness (QED) is 0.583. The minimum atomic E-state index is -0.713. The van der Waals surface area contributed by atoms with E-state index >= 15 is 0 Å². The van der Waals surface area contributed by atoms with Gasteiger partial charge < -0.3 is 19.7 Å². The topological polar surface area (TPSA) is 89.5 Å². The molecule has 2 aromatic heterocycles. The summed E-state index contributed by atoms with van der Waals surface area (Å²) < 4.78 is 10.5. The molecule has 0 radical (unpaired) electrons. The fourth-order valence-corrected chi connectivity index (χ4v) is 4.11. The van der Waals surface area contributed by atoms with Gasteiger partial charge in [-0.25, -0.2) is 4.98 Å². The largest absolute Gasteiger partial charge is 0.497 e. The van der Waals surface area contributed by atoms with Crippen LogP contribution in [0.4, 0.5) is 5.69 Å². The Hall–Kier alpha value is -3.68. The molecule has 1 fully saturated rings. The summed E-state index contributed by atoms with van der Waals surface area (Å²) in [7, 11) is 3.15. The molecule has 1 saturated heterocycles.